The molecule has 0 unspecified atom stereocenters. The maximum absolute atomic E-state index is 11.0. The summed E-state index contributed by atoms with van der Waals surface area (Å²) in [5.41, 5.74) is 0. The molecule has 86 valence electrons. The average Bonchev–Trinajstić information content (AvgIpc) is 2.18. The van der Waals surface area contributed by atoms with Gasteiger partial charge in [-0.25, -0.2) is 0 Å². The first-order valence-electron chi connectivity index (χ1n) is 4.01. The van der Waals surface area contributed by atoms with Crippen molar-refractivity contribution < 1.29 is 42.8 Å². The van der Waals surface area contributed by atoms with Gasteiger partial charge in [-0.1, -0.05) is 0 Å². The predicted octanol–water partition coefficient (Wildman–Crippen LogP) is 1.50. The molecule has 0 heterocycles. The molecule has 7 heteroatoms. The number of carbonyl (C=O) groups is 3. The molecule has 0 fully saturated rings. The third-order valence-electron chi connectivity index (χ3n) is 1.88. The zero-order valence-electron chi connectivity index (χ0n) is 7.86. The van der Waals surface area contributed by atoms with E-state index >= 15 is 0 Å². The van der Waals surface area contributed by atoms with Gasteiger partial charge in [0.05, 0.1) is 0 Å². The molecule has 0 aliphatic carbocycles. The van der Waals surface area contributed by atoms with Crippen LogP contribution >= 0.6 is 0 Å². The second-order valence-electron chi connectivity index (χ2n) is 2.72. The molecule has 0 aliphatic rings. The van der Waals surface area contributed by atoms with Crippen LogP contribution in [-0.4, -0.2) is 29.8 Å². The Bertz CT molecular complexity index is 405. The average molecular weight is 264 g/mol. The zero-order valence-corrected chi connectivity index (χ0v) is 9.14. The molecule has 0 aliphatic heterocycles. The molecule has 0 amide bonds. The normalized spacial score (nSPS) is 11.8. The Morgan fingerprint density at radius 1 is 0.812 bits per heavy atom. The third kappa shape index (κ3) is 1.67. The summed E-state index contributed by atoms with van der Waals surface area (Å²) in [7, 11) is 0. The number of rotatable bonds is 4. The van der Waals surface area contributed by atoms with E-state index in [-0.39, 0.29) is 4.43 Å². The van der Waals surface area contributed by atoms with Crippen molar-refractivity contribution in [3.8, 4) is 0 Å². The van der Waals surface area contributed by atoms with Crippen molar-refractivity contribution >= 4 is 18.9 Å². The van der Waals surface area contributed by atoms with Crippen LogP contribution in [0.3, 0.4) is 0 Å². The van der Waals surface area contributed by atoms with Gasteiger partial charge >= 0.3 is 92.0 Å². The number of benzene rings is 1. The fraction of sp³-hybridized carbons (Fsp3) is 0. The van der Waals surface area contributed by atoms with Crippen molar-refractivity contribution in [1.82, 2.24) is 0 Å². The molecule has 16 heavy (non-hydrogen) atoms. The van der Waals surface area contributed by atoms with E-state index in [1.807, 2.05) is 0 Å². The molecule has 0 saturated heterocycles. The van der Waals surface area contributed by atoms with Crippen molar-refractivity contribution in [2.45, 2.75) is 0 Å². The van der Waals surface area contributed by atoms with Crippen molar-refractivity contribution in [1.29, 1.82) is 0 Å². The van der Waals surface area contributed by atoms with Crippen molar-refractivity contribution in [2.24, 2.45) is 0 Å². The van der Waals surface area contributed by atoms with Crippen molar-refractivity contribution in [2.75, 3.05) is 0 Å². The van der Waals surface area contributed by atoms with E-state index in [0.717, 1.165) is 0 Å². The van der Waals surface area contributed by atoms with E-state index in [2.05, 4.69) is 0 Å². The minimum absolute atomic E-state index is 0.147. The van der Waals surface area contributed by atoms with Crippen LogP contribution in [0.15, 0.2) is 30.3 Å². The summed E-state index contributed by atoms with van der Waals surface area (Å²) in [6, 6.07) is 6.82. The maximum atomic E-state index is 11.0. The van der Waals surface area contributed by atoms with E-state index in [1.165, 1.54) is 24.3 Å². The SMILES string of the molecule is O=[C](O)[Cr]([C](=O)O)([C](=O)O)[c]1ccccc1. The summed E-state index contributed by atoms with van der Waals surface area (Å²) in [5.74, 6) is 0. The Kier molecular flexibility index (Phi) is 3.32. The molecule has 1 rings (SSSR count). The molecular weight excluding hydrogens is 256 g/mol. The molecule has 0 aromatic heterocycles. The zero-order chi connectivity index (χ0) is 12.3. The Labute approximate surface area is 92.4 Å². The first-order chi connectivity index (χ1) is 7.44. The van der Waals surface area contributed by atoms with Gasteiger partial charge in [-0.15, -0.1) is 0 Å². The van der Waals surface area contributed by atoms with Gasteiger partial charge in [0.2, 0.25) is 0 Å². The van der Waals surface area contributed by atoms with Crippen LogP contribution in [0.2, 0.25) is 0 Å². The standard InChI is InChI=1S/C6H5.3CHO2.Cr/c1-2-4-6-5-3-1;3*2-1-3;/h1-5H;3*(H,2,3);. The molecule has 0 bridgehead atoms. The predicted molar refractivity (Wildman–Crippen MR) is 50.2 cm³/mol. The van der Waals surface area contributed by atoms with Gasteiger partial charge in [0.15, 0.2) is 0 Å². The van der Waals surface area contributed by atoms with Crippen LogP contribution in [-0.2, 0) is 13.1 Å². The topological polar surface area (TPSA) is 112 Å². The minimum atomic E-state index is -4.87. The van der Waals surface area contributed by atoms with Crippen LogP contribution in [0.4, 0.5) is 14.4 Å². The van der Waals surface area contributed by atoms with Crippen LogP contribution in [0.1, 0.15) is 0 Å². The van der Waals surface area contributed by atoms with E-state index in [9.17, 15) is 14.4 Å². The van der Waals surface area contributed by atoms with E-state index in [1.54, 1.807) is 6.07 Å². The van der Waals surface area contributed by atoms with E-state index in [4.69, 9.17) is 15.3 Å². The summed E-state index contributed by atoms with van der Waals surface area (Å²) >= 11 is -4.87. The molecule has 3 N–H and O–H groups in total. The number of hydrogen-bond donors (Lipinski definition) is 3. The molecular formula is C9H8CrO6. The van der Waals surface area contributed by atoms with E-state index in [0.29, 0.717) is 0 Å². The summed E-state index contributed by atoms with van der Waals surface area (Å²) in [5, 5.41) is 26.8. The quantitative estimate of drug-likeness (QED) is 0.759. The summed E-state index contributed by atoms with van der Waals surface area (Å²) in [4.78, 5) is 27.7. The summed E-state index contributed by atoms with van der Waals surface area (Å²) in [6.45, 7) is 0. The molecule has 1 aromatic carbocycles. The van der Waals surface area contributed by atoms with Gasteiger partial charge in [0.25, 0.3) is 0 Å². The second-order valence-corrected chi connectivity index (χ2v) is 7.01. The van der Waals surface area contributed by atoms with Gasteiger partial charge < -0.3 is 0 Å². The van der Waals surface area contributed by atoms with Gasteiger partial charge in [-0.3, -0.25) is 0 Å². The van der Waals surface area contributed by atoms with Gasteiger partial charge in [0, 0.05) is 0 Å². The second kappa shape index (κ2) is 4.35. The number of hydrogen-bond acceptors (Lipinski definition) is 3. The van der Waals surface area contributed by atoms with Crippen molar-refractivity contribution in [3.05, 3.63) is 30.3 Å². The molecule has 0 spiro atoms. The molecule has 0 radical (unpaired) electrons. The van der Waals surface area contributed by atoms with Crippen molar-refractivity contribution in [3.63, 3.8) is 0 Å². The fourth-order valence-electron chi connectivity index (χ4n) is 1.15. The summed E-state index contributed by atoms with van der Waals surface area (Å²) in [6.07, 6.45) is 0. The van der Waals surface area contributed by atoms with E-state index < -0.39 is 27.6 Å². The first-order valence-corrected chi connectivity index (χ1v) is 6.56. The number of carboxylic acid groups (broad SMARTS) is 3. The van der Waals surface area contributed by atoms with Crippen LogP contribution in [0, 0.1) is 0 Å². The fourth-order valence-corrected chi connectivity index (χ4v) is 3.68. The van der Waals surface area contributed by atoms with Crippen LogP contribution < -0.4 is 4.43 Å². The van der Waals surface area contributed by atoms with Gasteiger partial charge in [-0.05, 0) is 0 Å². The molecule has 6 nitrogen and oxygen atoms in total. The third-order valence-corrected chi connectivity index (χ3v) is 5.87. The monoisotopic (exact) mass is 264 g/mol. The van der Waals surface area contributed by atoms with Crippen LogP contribution in [0.25, 0.3) is 0 Å². The Balaban J connectivity index is 3.52. The molecule has 1 aromatic rings. The Morgan fingerprint density at radius 3 is 1.50 bits per heavy atom. The Morgan fingerprint density at radius 2 is 1.19 bits per heavy atom. The van der Waals surface area contributed by atoms with Gasteiger partial charge in [0.1, 0.15) is 0 Å². The Hall–Kier alpha value is -1.84. The molecule has 0 atom stereocenters. The summed E-state index contributed by atoms with van der Waals surface area (Å²) < 4.78 is -0.147. The van der Waals surface area contributed by atoms with Gasteiger partial charge in [-0.2, -0.15) is 0 Å². The van der Waals surface area contributed by atoms with Crippen LogP contribution in [0.5, 0.6) is 0 Å². The molecule has 0 saturated carbocycles. The first kappa shape index (κ1) is 12.2.